The van der Waals surface area contributed by atoms with Gasteiger partial charge >= 0.3 is 0 Å². The molecule has 1 aromatic carbocycles. The number of hydrogen-bond acceptors (Lipinski definition) is 3. The predicted molar refractivity (Wildman–Crippen MR) is 69.4 cm³/mol. The van der Waals surface area contributed by atoms with Gasteiger partial charge in [0, 0.05) is 11.6 Å². The molecule has 1 heterocycles. The summed E-state index contributed by atoms with van der Waals surface area (Å²) >= 11 is 0. The molecule has 0 aliphatic heterocycles. The van der Waals surface area contributed by atoms with Crippen molar-refractivity contribution in [3.05, 3.63) is 35.5 Å². The van der Waals surface area contributed by atoms with Crippen LogP contribution in [0.2, 0.25) is 0 Å². The molecule has 0 saturated carbocycles. The van der Waals surface area contributed by atoms with E-state index in [0.717, 1.165) is 6.07 Å². The minimum atomic E-state index is -0.676. The van der Waals surface area contributed by atoms with E-state index in [-0.39, 0.29) is 16.9 Å². The lowest BCUT2D eigenvalue weighted by molar-refractivity contribution is 0.377. The molecule has 2 N–H and O–H groups in total. The van der Waals surface area contributed by atoms with Gasteiger partial charge in [0.1, 0.15) is 11.6 Å². The summed E-state index contributed by atoms with van der Waals surface area (Å²) in [5.74, 6) is -1.26. The van der Waals surface area contributed by atoms with E-state index in [1.54, 1.807) is 0 Å². The topological polar surface area (TPSA) is 52.0 Å². The second-order valence-electron chi connectivity index (χ2n) is 5.73. The monoisotopic (exact) mass is 266 g/mol. The maximum absolute atomic E-state index is 13.8. The summed E-state index contributed by atoms with van der Waals surface area (Å²) in [6.45, 7) is 6.09. The Morgan fingerprint density at radius 3 is 2.53 bits per heavy atom. The Hall–Kier alpha value is -1.91. The summed E-state index contributed by atoms with van der Waals surface area (Å²) in [4.78, 5) is 0. The zero-order chi connectivity index (χ0) is 14.2. The SMILES string of the molecule is CC(C)(C)Cc1noc(N)c1-c1ccc(F)cc1F. The number of nitrogens with zero attached hydrogens (tertiary/aromatic N) is 1. The largest absolute Gasteiger partial charge is 0.367 e. The highest BCUT2D eigenvalue weighted by atomic mass is 19.1. The molecule has 0 saturated heterocycles. The van der Waals surface area contributed by atoms with E-state index in [2.05, 4.69) is 5.16 Å². The van der Waals surface area contributed by atoms with Gasteiger partial charge in [0.2, 0.25) is 5.88 Å². The summed E-state index contributed by atoms with van der Waals surface area (Å²) in [7, 11) is 0. The first-order valence-corrected chi connectivity index (χ1v) is 5.97. The van der Waals surface area contributed by atoms with Gasteiger partial charge in [-0.05, 0) is 24.0 Å². The molecule has 2 rings (SSSR count). The van der Waals surface area contributed by atoms with Gasteiger partial charge in [-0.2, -0.15) is 0 Å². The molecule has 0 atom stereocenters. The minimum absolute atomic E-state index is 0.0461. The molecular weight excluding hydrogens is 250 g/mol. The minimum Gasteiger partial charge on any atom is -0.367 e. The van der Waals surface area contributed by atoms with E-state index in [4.69, 9.17) is 10.3 Å². The lowest BCUT2D eigenvalue weighted by Crippen LogP contribution is -2.10. The fourth-order valence-electron chi connectivity index (χ4n) is 1.94. The Morgan fingerprint density at radius 1 is 1.26 bits per heavy atom. The molecular formula is C14H16F2N2O. The van der Waals surface area contributed by atoms with Gasteiger partial charge in [-0.1, -0.05) is 25.9 Å². The highest BCUT2D eigenvalue weighted by Crippen LogP contribution is 2.35. The van der Waals surface area contributed by atoms with Crippen LogP contribution in [0.15, 0.2) is 22.7 Å². The molecule has 3 nitrogen and oxygen atoms in total. The van der Waals surface area contributed by atoms with Crippen LogP contribution < -0.4 is 5.73 Å². The van der Waals surface area contributed by atoms with Gasteiger partial charge in [0.15, 0.2) is 0 Å². The van der Waals surface area contributed by atoms with Crippen molar-refractivity contribution in [2.75, 3.05) is 5.73 Å². The third-order valence-corrected chi connectivity index (χ3v) is 2.69. The van der Waals surface area contributed by atoms with Crippen LogP contribution in [0, 0.1) is 17.0 Å². The maximum atomic E-state index is 13.8. The van der Waals surface area contributed by atoms with E-state index >= 15 is 0 Å². The fraction of sp³-hybridized carbons (Fsp3) is 0.357. The van der Waals surface area contributed by atoms with Crippen LogP contribution in [-0.2, 0) is 6.42 Å². The Morgan fingerprint density at radius 2 is 1.95 bits per heavy atom. The van der Waals surface area contributed by atoms with E-state index in [1.807, 2.05) is 20.8 Å². The first-order valence-electron chi connectivity index (χ1n) is 5.97. The van der Waals surface area contributed by atoms with Gasteiger partial charge in [0.25, 0.3) is 0 Å². The smallest absolute Gasteiger partial charge is 0.230 e. The van der Waals surface area contributed by atoms with Crippen LogP contribution in [0.5, 0.6) is 0 Å². The third-order valence-electron chi connectivity index (χ3n) is 2.69. The fourth-order valence-corrected chi connectivity index (χ4v) is 1.94. The first-order chi connectivity index (χ1) is 8.78. The Kier molecular flexibility index (Phi) is 3.30. The van der Waals surface area contributed by atoms with Crippen LogP contribution in [0.4, 0.5) is 14.7 Å². The summed E-state index contributed by atoms with van der Waals surface area (Å²) in [5.41, 5.74) is 6.86. The van der Waals surface area contributed by atoms with Crippen molar-refractivity contribution >= 4 is 5.88 Å². The van der Waals surface area contributed by atoms with Gasteiger partial charge in [0.05, 0.1) is 11.3 Å². The molecule has 19 heavy (non-hydrogen) atoms. The van der Waals surface area contributed by atoms with E-state index in [0.29, 0.717) is 17.7 Å². The molecule has 0 aliphatic rings. The molecule has 0 unspecified atom stereocenters. The number of halogens is 2. The molecule has 2 aromatic rings. The number of benzene rings is 1. The van der Waals surface area contributed by atoms with Crippen molar-refractivity contribution in [2.45, 2.75) is 27.2 Å². The van der Waals surface area contributed by atoms with E-state index in [9.17, 15) is 8.78 Å². The Balaban J connectivity index is 2.52. The predicted octanol–water partition coefficient (Wildman–Crippen LogP) is 3.79. The van der Waals surface area contributed by atoms with Crippen LogP contribution in [0.1, 0.15) is 26.5 Å². The average Bonchev–Trinajstić information content (AvgIpc) is 2.58. The Bertz CT molecular complexity index is 600. The summed E-state index contributed by atoms with van der Waals surface area (Å²) in [6.07, 6.45) is 0.583. The second kappa shape index (κ2) is 4.64. The number of rotatable bonds is 2. The molecule has 0 spiro atoms. The zero-order valence-corrected chi connectivity index (χ0v) is 11.1. The molecule has 0 amide bonds. The number of nitrogens with two attached hydrogens (primary N) is 1. The zero-order valence-electron chi connectivity index (χ0n) is 11.1. The molecule has 0 fully saturated rings. The second-order valence-corrected chi connectivity index (χ2v) is 5.73. The first kappa shape index (κ1) is 13.5. The molecule has 102 valence electrons. The van der Waals surface area contributed by atoms with Crippen molar-refractivity contribution in [1.29, 1.82) is 0 Å². The lowest BCUT2D eigenvalue weighted by Gasteiger charge is -2.16. The van der Waals surface area contributed by atoms with Crippen molar-refractivity contribution < 1.29 is 13.3 Å². The Labute approximate surface area is 110 Å². The van der Waals surface area contributed by atoms with Gasteiger partial charge in [-0.15, -0.1) is 0 Å². The summed E-state index contributed by atoms with van der Waals surface area (Å²) < 4.78 is 31.7. The number of nitrogen functional groups attached to an aromatic ring is 1. The summed E-state index contributed by atoms with van der Waals surface area (Å²) in [6, 6.07) is 3.36. The molecule has 0 bridgehead atoms. The van der Waals surface area contributed by atoms with E-state index < -0.39 is 11.6 Å². The highest BCUT2D eigenvalue weighted by Gasteiger charge is 2.23. The number of anilines is 1. The van der Waals surface area contributed by atoms with Crippen LogP contribution in [0.3, 0.4) is 0 Å². The van der Waals surface area contributed by atoms with Crippen LogP contribution in [-0.4, -0.2) is 5.16 Å². The average molecular weight is 266 g/mol. The maximum Gasteiger partial charge on any atom is 0.230 e. The van der Waals surface area contributed by atoms with Crippen molar-refractivity contribution in [3.63, 3.8) is 0 Å². The van der Waals surface area contributed by atoms with Crippen LogP contribution >= 0.6 is 0 Å². The molecule has 0 radical (unpaired) electrons. The van der Waals surface area contributed by atoms with Crippen molar-refractivity contribution in [1.82, 2.24) is 5.16 Å². The summed E-state index contributed by atoms with van der Waals surface area (Å²) in [5, 5.41) is 3.88. The molecule has 1 aromatic heterocycles. The van der Waals surface area contributed by atoms with Gasteiger partial charge in [-0.25, -0.2) is 8.78 Å². The highest BCUT2D eigenvalue weighted by molar-refractivity contribution is 5.75. The number of hydrogen-bond donors (Lipinski definition) is 1. The number of aromatic nitrogens is 1. The third kappa shape index (κ3) is 2.92. The molecule has 0 aliphatic carbocycles. The lowest BCUT2D eigenvalue weighted by atomic mass is 9.88. The quantitative estimate of drug-likeness (QED) is 0.899. The standard InChI is InChI=1S/C14H16F2N2O/c1-14(2,3)7-11-12(13(17)19-18-11)9-5-4-8(15)6-10(9)16/h4-6H,7,17H2,1-3H3. The normalized spacial score (nSPS) is 11.8. The van der Waals surface area contributed by atoms with Crippen molar-refractivity contribution in [2.24, 2.45) is 5.41 Å². The van der Waals surface area contributed by atoms with Gasteiger partial charge < -0.3 is 10.3 Å². The van der Waals surface area contributed by atoms with E-state index in [1.165, 1.54) is 12.1 Å². The van der Waals surface area contributed by atoms with Gasteiger partial charge in [-0.3, -0.25) is 0 Å². The van der Waals surface area contributed by atoms with Crippen molar-refractivity contribution in [3.8, 4) is 11.1 Å². The van der Waals surface area contributed by atoms with Crippen LogP contribution in [0.25, 0.3) is 11.1 Å². The molecule has 5 heteroatoms.